The summed E-state index contributed by atoms with van der Waals surface area (Å²) < 4.78 is 0. The van der Waals surface area contributed by atoms with E-state index in [-0.39, 0.29) is 5.78 Å². The SMILES string of the molecule is CC(C)CCCC(=O)c1cn[nH]c1N. The summed E-state index contributed by atoms with van der Waals surface area (Å²) in [5.74, 6) is 1.10. The summed E-state index contributed by atoms with van der Waals surface area (Å²) >= 11 is 0. The maximum atomic E-state index is 11.6. The number of carbonyl (C=O) groups excluding carboxylic acids is 1. The topological polar surface area (TPSA) is 71.8 Å². The molecule has 0 bridgehead atoms. The van der Waals surface area contributed by atoms with Crippen LogP contribution in [-0.2, 0) is 0 Å². The van der Waals surface area contributed by atoms with Crippen molar-refractivity contribution in [3.05, 3.63) is 11.8 Å². The van der Waals surface area contributed by atoms with Gasteiger partial charge >= 0.3 is 0 Å². The third kappa shape index (κ3) is 2.87. The van der Waals surface area contributed by atoms with Gasteiger partial charge in [0.05, 0.1) is 11.8 Å². The van der Waals surface area contributed by atoms with E-state index < -0.39 is 0 Å². The Bertz CT molecular complexity index is 304. The molecular formula is C10H17N3O. The van der Waals surface area contributed by atoms with Gasteiger partial charge in [0, 0.05) is 6.42 Å². The third-order valence-corrected chi connectivity index (χ3v) is 2.15. The number of nitrogens with two attached hydrogens (primary N) is 1. The summed E-state index contributed by atoms with van der Waals surface area (Å²) in [6.45, 7) is 4.30. The molecule has 3 N–H and O–H groups in total. The number of carbonyl (C=O) groups is 1. The van der Waals surface area contributed by atoms with Crippen molar-refractivity contribution >= 4 is 11.6 Å². The Morgan fingerprint density at radius 1 is 1.64 bits per heavy atom. The third-order valence-electron chi connectivity index (χ3n) is 2.15. The number of nitrogen functional groups attached to an aromatic ring is 1. The Morgan fingerprint density at radius 2 is 2.36 bits per heavy atom. The lowest BCUT2D eigenvalue weighted by atomic mass is 10.0. The van der Waals surface area contributed by atoms with E-state index in [1.165, 1.54) is 6.20 Å². The number of nitrogens with one attached hydrogen (secondary N) is 1. The Kier molecular flexibility index (Phi) is 3.68. The molecule has 0 aliphatic heterocycles. The van der Waals surface area contributed by atoms with Crippen LogP contribution in [0.1, 0.15) is 43.5 Å². The Morgan fingerprint density at radius 3 is 2.86 bits per heavy atom. The Labute approximate surface area is 83.9 Å². The zero-order chi connectivity index (χ0) is 10.6. The molecule has 0 radical (unpaired) electrons. The van der Waals surface area contributed by atoms with E-state index in [0.29, 0.717) is 23.7 Å². The normalized spacial score (nSPS) is 10.8. The summed E-state index contributed by atoms with van der Waals surface area (Å²) in [5, 5.41) is 6.27. The molecule has 0 amide bonds. The van der Waals surface area contributed by atoms with Crippen molar-refractivity contribution in [2.24, 2.45) is 5.92 Å². The molecule has 0 fully saturated rings. The standard InChI is InChI=1S/C10H17N3O/c1-7(2)4-3-5-9(14)8-6-12-13-10(8)11/h6-7H,3-5H2,1-2H3,(H3,11,12,13). The maximum absolute atomic E-state index is 11.6. The minimum absolute atomic E-state index is 0.0805. The molecule has 0 aliphatic rings. The number of hydrogen-bond donors (Lipinski definition) is 2. The molecule has 1 heterocycles. The molecule has 0 aromatic carbocycles. The second kappa shape index (κ2) is 4.79. The van der Waals surface area contributed by atoms with Gasteiger partial charge in [0.25, 0.3) is 0 Å². The minimum Gasteiger partial charge on any atom is -0.383 e. The summed E-state index contributed by atoms with van der Waals surface area (Å²) in [7, 11) is 0. The van der Waals surface area contributed by atoms with E-state index in [9.17, 15) is 4.79 Å². The molecule has 14 heavy (non-hydrogen) atoms. The van der Waals surface area contributed by atoms with Crippen molar-refractivity contribution in [3.8, 4) is 0 Å². The minimum atomic E-state index is 0.0805. The van der Waals surface area contributed by atoms with Crippen LogP contribution in [0, 0.1) is 5.92 Å². The molecular weight excluding hydrogens is 178 g/mol. The number of hydrogen-bond acceptors (Lipinski definition) is 3. The van der Waals surface area contributed by atoms with Crippen molar-refractivity contribution < 1.29 is 4.79 Å². The van der Waals surface area contributed by atoms with Crippen molar-refractivity contribution in [2.75, 3.05) is 5.73 Å². The van der Waals surface area contributed by atoms with Gasteiger partial charge in [0.1, 0.15) is 5.82 Å². The van der Waals surface area contributed by atoms with Gasteiger partial charge in [0.15, 0.2) is 5.78 Å². The highest BCUT2D eigenvalue weighted by molar-refractivity contribution is 5.99. The smallest absolute Gasteiger partial charge is 0.168 e. The fourth-order valence-corrected chi connectivity index (χ4v) is 1.32. The summed E-state index contributed by atoms with van der Waals surface area (Å²) in [4.78, 5) is 11.6. The van der Waals surface area contributed by atoms with Crippen molar-refractivity contribution in [1.82, 2.24) is 10.2 Å². The number of ketones is 1. The second-order valence-corrected chi connectivity index (χ2v) is 3.91. The van der Waals surface area contributed by atoms with E-state index >= 15 is 0 Å². The molecule has 0 atom stereocenters. The average molecular weight is 195 g/mol. The molecule has 0 spiro atoms. The molecule has 0 unspecified atom stereocenters. The number of H-pyrrole nitrogens is 1. The second-order valence-electron chi connectivity index (χ2n) is 3.91. The van der Waals surface area contributed by atoms with Crippen LogP contribution >= 0.6 is 0 Å². The largest absolute Gasteiger partial charge is 0.383 e. The highest BCUT2D eigenvalue weighted by Crippen LogP contribution is 2.13. The summed E-state index contributed by atoms with van der Waals surface area (Å²) in [5.41, 5.74) is 6.06. The first-order valence-electron chi connectivity index (χ1n) is 4.93. The van der Waals surface area contributed by atoms with Crippen molar-refractivity contribution in [1.29, 1.82) is 0 Å². The van der Waals surface area contributed by atoms with Gasteiger partial charge in [0.2, 0.25) is 0 Å². The lowest BCUT2D eigenvalue weighted by molar-refractivity contribution is 0.0979. The quantitative estimate of drug-likeness (QED) is 0.706. The van der Waals surface area contributed by atoms with Crippen LogP contribution < -0.4 is 5.73 Å². The number of aromatic nitrogens is 2. The molecule has 78 valence electrons. The maximum Gasteiger partial charge on any atom is 0.168 e. The molecule has 1 rings (SSSR count). The lowest BCUT2D eigenvalue weighted by Crippen LogP contribution is -2.02. The predicted molar refractivity (Wildman–Crippen MR) is 56.0 cm³/mol. The highest BCUT2D eigenvalue weighted by Gasteiger charge is 2.10. The van der Waals surface area contributed by atoms with Crippen LogP contribution in [0.2, 0.25) is 0 Å². The number of Topliss-reactive ketones (excluding diaryl/α,β-unsaturated/α-hetero) is 1. The van der Waals surface area contributed by atoms with Crippen molar-refractivity contribution in [3.63, 3.8) is 0 Å². The van der Waals surface area contributed by atoms with Gasteiger partial charge in [-0.05, 0) is 12.3 Å². The molecule has 0 saturated carbocycles. The first-order chi connectivity index (χ1) is 6.61. The molecule has 1 aromatic rings. The predicted octanol–water partition coefficient (Wildman–Crippen LogP) is 2.00. The number of rotatable bonds is 5. The summed E-state index contributed by atoms with van der Waals surface area (Å²) in [6, 6.07) is 0. The van der Waals surface area contributed by atoms with Gasteiger partial charge in [-0.1, -0.05) is 20.3 Å². The van der Waals surface area contributed by atoms with E-state index in [2.05, 4.69) is 24.0 Å². The average Bonchev–Trinajstić information content (AvgIpc) is 2.50. The van der Waals surface area contributed by atoms with Crippen LogP contribution in [-0.4, -0.2) is 16.0 Å². The van der Waals surface area contributed by atoms with Crippen LogP contribution in [0.25, 0.3) is 0 Å². The number of aromatic amines is 1. The number of nitrogens with zero attached hydrogens (tertiary/aromatic N) is 1. The first kappa shape index (κ1) is 10.8. The Balaban J connectivity index is 2.40. The zero-order valence-corrected chi connectivity index (χ0v) is 8.71. The van der Waals surface area contributed by atoms with Crippen LogP contribution in [0.4, 0.5) is 5.82 Å². The van der Waals surface area contributed by atoms with Gasteiger partial charge in [-0.25, -0.2) is 0 Å². The lowest BCUT2D eigenvalue weighted by Gasteiger charge is -2.02. The molecule has 0 aliphatic carbocycles. The van der Waals surface area contributed by atoms with Crippen LogP contribution in [0.3, 0.4) is 0 Å². The Hall–Kier alpha value is -1.32. The monoisotopic (exact) mass is 195 g/mol. The highest BCUT2D eigenvalue weighted by atomic mass is 16.1. The van der Waals surface area contributed by atoms with Crippen LogP contribution in [0.15, 0.2) is 6.20 Å². The van der Waals surface area contributed by atoms with Gasteiger partial charge in [-0.3, -0.25) is 9.89 Å². The van der Waals surface area contributed by atoms with E-state index in [0.717, 1.165) is 12.8 Å². The zero-order valence-electron chi connectivity index (χ0n) is 8.71. The van der Waals surface area contributed by atoms with Gasteiger partial charge in [-0.2, -0.15) is 5.10 Å². The van der Waals surface area contributed by atoms with E-state index in [1.54, 1.807) is 0 Å². The first-order valence-corrected chi connectivity index (χ1v) is 4.93. The van der Waals surface area contributed by atoms with E-state index in [1.807, 2.05) is 0 Å². The van der Waals surface area contributed by atoms with Gasteiger partial charge in [-0.15, -0.1) is 0 Å². The van der Waals surface area contributed by atoms with Crippen LogP contribution in [0.5, 0.6) is 0 Å². The summed E-state index contributed by atoms with van der Waals surface area (Å²) in [6.07, 6.45) is 4.04. The van der Waals surface area contributed by atoms with Crippen molar-refractivity contribution in [2.45, 2.75) is 33.1 Å². The molecule has 4 nitrogen and oxygen atoms in total. The molecule has 1 aromatic heterocycles. The fourth-order valence-electron chi connectivity index (χ4n) is 1.32. The molecule has 4 heteroatoms. The van der Waals surface area contributed by atoms with Gasteiger partial charge < -0.3 is 5.73 Å². The number of anilines is 1. The molecule has 0 saturated heterocycles. The fraction of sp³-hybridized carbons (Fsp3) is 0.600. The van der Waals surface area contributed by atoms with E-state index in [4.69, 9.17) is 5.73 Å².